The molecule has 1 heterocycles. The van der Waals surface area contributed by atoms with E-state index in [4.69, 9.17) is 21.1 Å². The van der Waals surface area contributed by atoms with Gasteiger partial charge in [0.15, 0.2) is 0 Å². The Balaban J connectivity index is 2.51. The molecule has 2 rings (SSSR count). The first-order chi connectivity index (χ1) is 8.56. The van der Waals surface area contributed by atoms with Crippen molar-refractivity contribution in [3.05, 3.63) is 27.8 Å². The average Bonchev–Trinajstić information content (AvgIpc) is 2.37. The molecule has 1 aromatic carbocycles. The molecule has 0 radical (unpaired) electrons. The Morgan fingerprint density at radius 3 is 2.78 bits per heavy atom. The van der Waals surface area contributed by atoms with E-state index in [-0.39, 0.29) is 12.1 Å². The minimum absolute atomic E-state index is 0.116. The van der Waals surface area contributed by atoms with Crippen LogP contribution in [-0.4, -0.2) is 26.4 Å². The molecular formula is C14H20ClNO2. The van der Waals surface area contributed by atoms with Crippen LogP contribution >= 0.6 is 11.6 Å². The molecule has 4 heteroatoms. The van der Waals surface area contributed by atoms with Gasteiger partial charge in [0.2, 0.25) is 0 Å². The molecule has 100 valence electrons. The molecule has 1 N–H and O–H groups in total. The van der Waals surface area contributed by atoms with Gasteiger partial charge in [-0.25, -0.2) is 0 Å². The third kappa shape index (κ3) is 2.35. The number of hydrogen-bond acceptors (Lipinski definition) is 3. The SMILES string of the molecule is COc1cc(C)c(Cl)c(C)c1C1NCCOC1C. The van der Waals surface area contributed by atoms with Crippen molar-refractivity contribution in [2.45, 2.75) is 32.9 Å². The van der Waals surface area contributed by atoms with Crippen LogP contribution in [-0.2, 0) is 4.74 Å². The van der Waals surface area contributed by atoms with E-state index in [0.29, 0.717) is 0 Å². The standard InChI is InChI=1S/C14H20ClNO2/c1-8-7-11(17-4)12(9(2)13(8)15)14-10(3)18-6-5-16-14/h7,10,14,16H,5-6H2,1-4H3. The zero-order valence-corrected chi connectivity index (χ0v) is 12.1. The van der Waals surface area contributed by atoms with Crippen molar-refractivity contribution in [3.8, 4) is 5.75 Å². The fraction of sp³-hybridized carbons (Fsp3) is 0.571. The summed E-state index contributed by atoms with van der Waals surface area (Å²) in [5.41, 5.74) is 3.22. The van der Waals surface area contributed by atoms with Crippen LogP contribution in [0.15, 0.2) is 6.07 Å². The Hall–Kier alpha value is -0.770. The zero-order chi connectivity index (χ0) is 13.3. The number of methoxy groups -OCH3 is 1. The van der Waals surface area contributed by atoms with E-state index < -0.39 is 0 Å². The van der Waals surface area contributed by atoms with Gasteiger partial charge in [-0.2, -0.15) is 0 Å². The minimum atomic E-state index is 0.116. The van der Waals surface area contributed by atoms with Crippen molar-refractivity contribution < 1.29 is 9.47 Å². The molecule has 0 aromatic heterocycles. The van der Waals surface area contributed by atoms with E-state index in [0.717, 1.165) is 40.6 Å². The van der Waals surface area contributed by atoms with Crippen LogP contribution in [0.2, 0.25) is 5.02 Å². The lowest BCUT2D eigenvalue weighted by Crippen LogP contribution is -2.40. The molecular weight excluding hydrogens is 250 g/mol. The molecule has 0 bridgehead atoms. The summed E-state index contributed by atoms with van der Waals surface area (Å²) < 4.78 is 11.2. The maximum Gasteiger partial charge on any atom is 0.124 e. The molecule has 1 saturated heterocycles. The predicted octanol–water partition coefficient (Wildman–Crippen LogP) is 3.01. The maximum atomic E-state index is 6.35. The van der Waals surface area contributed by atoms with Crippen LogP contribution in [0.4, 0.5) is 0 Å². The van der Waals surface area contributed by atoms with E-state index in [2.05, 4.69) is 12.2 Å². The Bertz CT molecular complexity index is 448. The fourth-order valence-corrected chi connectivity index (χ4v) is 2.71. The summed E-state index contributed by atoms with van der Waals surface area (Å²) in [6, 6.07) is 2.13. The Morgan fingerprint density at radius 2 is 2.17 bits per heavy atom. The van der Waals surface area contributed by atoms with E-state index in [9.17, 15) is 0 Å². The van der Waals surface area contributed by atoms with Gasteiger partial charge >= 0.3 is 0 Å². The van der Waals surface area contributed by atoms with Gasteiger partial charge in [-0.1, -0.05) is 11.6 Å². The predicted molar refractivity (Wildman–Crippen MR) is 73.6 cm³/mol. The van der Waals surface area contributed by atoms with Gasteiger partial charge in [0.25, 0.3) is 0 Å². The Morgan fingerprint density at radius 1 is 1.44 bits per heavy atom. The Kier molecular flexibility index (Phi) is 4.15. The summed E-state index contributed by atoms with van der Waals surface area (Å²) in [6.45, 7) is 7.71. The van der Waals surface area contributed by atoms with Crippen molar-refractivity contribution in [2.24, 2.45) is 0 Å². The third-order valence-corrected chi connectivity index (χ3v) is 4.12. The lowest BCUT2D eigenvalue weighted by molar-refractivity contribution is 0.00677. The molecule has 1 aliphatic heterocycles. The van der Waals surface area contributed by atoms with Gasteiger partial charge in [0, 0.05) is 17.1 Å². The number of rotatable bonds is 2. The molecule has 0 aliphatic carbocycles. The third-order valence-electron chi connectivity index (χ3n) is 3.54. The van der Waals surface area contributed by atoms with Gasteiger partial charge in [-0.05, 0) is 38.0 Å². The second-order valence-electron chi connectivity index (χ2n) is 4.76. The van der Waals surface area contributed by atoms with Gasteiger partial charge in [-0.15, -0.1) is 0 Å². The smallest absolute Gasteiger partial charge is 0.124 e. The highest BCUT2D eigenvalue weighted by atomic mass is 35.5. The van der Waals surface area contributed by atoms with Gasteiger partial charge in [-0.3, -0.25) is 0 Å². The van der Waals surface area contributed by atoms with Crippen LogP contribution in [0, 0.1) is 13.8 Å². The highest BCUT2D eigenvalue weighted by Gasteiger charge is 2.28. The molecule has 0 saturated carbocycles. The molecule has 0 amide bonds. The highest BCUT2D eigenvalue weighted by molar-refractivity contribution is 6.32. The molecule has 2 unspecified atom stereocenters. The van der Waals surface area contributed by atoms with Gasteiger partial charge in [0.1, 0.15) is 5.75 Å². The molecule has 0 spiro atoms. The number of morpholine rings is 1. The van der Waals surface area contributed by atoms with Crippen LogP contribution < -0.4 is 10.1 Å². The number of benzene rings is 1. The second-order valence-corrected chi connectivity index (χ2v) is 5.13. The normalized spacial score (nSPS) is 24.1. The molecule has 1 aliphatic rings. The monoisotopic (exact) mass is 269 g/mol. The van der Waals surface area contributed by atoms with Crippen LogP contribution in [0.1, 0.15) is 29.7 Å². The number of nitrogens with one attached hydrogen (secondary N) is 1. The molecule has 18 heavy (non-hydrogen) atoms. The van der Waals surface area contributed by atoms with Crippen LogP contribution in [0.5, 0.6) is 5.75 Å². The number of hydrogen-bond donors (Lipinski definition) is 1. The van der Waals surface area contributed by atoms with E-state index in [1.54, 1.807) is 7.11 Å². The summed E-state index contributed by atoms with van der Waals surface area (Å²) >= 11 is 6.35. The number of halogens is 1. The Labute approximate surface area is 113 Å². The van der Waals surface area contributed by atoms with Crippen molar-refractivity contribution in [1.82, 2.24) is 5.32 Å². The van der Waals surface area contributed by atoms with E-state index in [1.807, 2.05) is 19.9 Å². The lowest BCUT2D eigenvalue weighted by Gasteiger charge is -2.33. The summed E-state index contributed by atoms with van der Waals surface area (Å²) in [7, 11) is 1.69. The van der Waals surface area contributed by atoms with Crippen molar-refractivity contribution in [1.29, 1.82) is 0 Å². The molecule has 2 atom stereocenters. The van der Waals surface area contributed by atoms with Crippen LogP contribution in [0.25, 0.3) is 0 Å². The first kappa shape index (κ1) is 13.7. The molecule has 1 fully saturated rings. The van der Waals surface area contributed by atoms with E-state index >= 15 is 0 Å². The number of aryl methyl sites for hydroxylation is 1. The topological polar surface area (TPSA) is 30.5 Å². The summed E-state index contributed by atoms with van der Waals surface area (Å²) in [5.74, 6) is 0.879. The lowest BCUT2D eigenvalue weighted by atomic mass is 9.94. The first-order valence-electron chi connectivity index (χ1n) is 6.24. The molecule has 3 nitrogen and oxygen atoms in total. The summed E-state index contributed by atoms with van der Waals surface area (Å²) in [6.07, 6.45) is 0.116. The van der Waals surface area contributed by atoms with Crippen molar-refractivity contribution >= 4 is 11.6 Å². The van der Waals surface area contributed by atoms with Crippen molar-refractivity contribution in [2.75, 3.05) is 20.3 Å². The quantitative estimate of drug-likeness (QED) is 0.895. The number of ether oxygens (including phenoxy) is 2. The van der Waals surface area contributed by atoms with Gasteiger partial charge in [0.05, 0.1) is 25.9 Å². The van der Waals surface area contributed by atoms with E-state index in [1.165, 1.54) is 0 Å². The second kappa shape index (κ2) is 5.47. The highest BCUT2D eigenvalue weighted by Crippen LogP contribution is 2.37. The van der Waals surface area contributed by atoms with Crippen molar-refractivity contribution in [3.63, 3.8) is 0 Å². The minimum Gasteiger partial charge on any atom is -0.496 e. The van der Waals surface area contributed by atoms with Gasteiger partial charge < -0.3 is 14.8 Å². The largest absolute Gasteiger partial charge is 0.496 e. The summed E-state index contributed by atoms with van der Waals surface area (Å²) in [5, 5.41) is 4.29. The zero-order valence-electron chi connectivity index (χ0n) is 11.3. The summed E-state index contributed by atoms with van der Waals surface area (Å²) in [4.78, 5) is 0. The fourth-order valence-electron chi connectivity index (χ4n) is 2.55. The first-order valence-corrected chi connectivity index (χ1v) is 6.62. The average molecular weight is 270 g/mol. The van der Waals surface area contributed by atoms with Crippen LogP contribution in [0.3, 0.4) is 0 Å². The molecule has 1 aromatic rings. The maximum absolute atomic E-state index is 6.35.